The average molecular weight is 277 g/mol. The van der Waals surface area contributed by atoms with Gasteiger partial charge in [0.25, 0.3) is 0 Å². The number of rotatable bonds is 6. The molecule has 20 heavy (non-hydrogen) atoms. The summed E-state index contributed by atoms with van der Waals surface area (Å²) in [7, 11) is 3.78. The van der Waals surface area contributed by atoms with E-state index in [1.807, 2.05) is 36.6 Å². The zero-order chi connectivity index (χ0) is 14.5. The molecule has 0 bridgehead atoms. The van der Waals surface area contributed by atoms with E-state index in [-0.39, 0.29) is 5.91 Å². The van der Waals surface area contributed by atoms with Crippen LogP contribution in [-0.4, -0.2) is 39.2 Å². The van der Waals surface area contributed by atoms with Crippen LogP contribution in [0.1, 0.15) is 17.4 Å². The second kappa shape index (κ2) is 6.33. The minimum absolute atomic E-state index is 0.0530. The molecule has 0 aliphatic heterocycles. The van der Waals surface area contributed by atoms with Crippen molar-refractivity contribution in [2.45, 2.75) is 20.0 Å². The molecule has 1 N–H and O–H groups in total. The summed E-state index contributed by atoms with van der Waals surface area (Å²) in [5.74, 6) is 2.38. The first-order chi connectivity index (χ1) is 9.56. The van der Waals surface area contributed by atoms with E-state index in [2.05, 4.69) is 15.5 Å². The van der Waals surface area contributed by atoms with Crippen LogP contribution in [0.25, 0.3) is 0 Å². The summed E-state index contributed by atoms with van der Waals surface area (Å²) >= 11 is 0. The fourth-order valence-electron chi connectivity index (χ4n) is 1.79. The molecule has 2 aromatic rings. The SMILES string of the molecule is Cc1nnc(CN(C)CC(=O)NCc2ccco2)n1C. The van der Waals surface area contributed by atoms with Gasteiger partial charge in [0.05, 0.1) is 25.9 Å². The molecule has 108 valence electrons. The van der Waals surface area contributed by atoms with Crippen LogP contribution in [0.5, 0.6) is 0 Å². The molecule has 0 unspecified atom stereocenters. The molecule has 0 fully saturated rings. The van der Waals surface area contributed by atoms with Gasteiger partial charge in [-0.15, -0.1) is 10.2 Å². The highest BCUT2D eigenvalue weighted by Crippen LogP contribution is 2.01. The van der Waals surface area contributed by atoms with Gasteiger partial charge < -0.3 is 14.3 Å². The molecule has 0 aromatic carbocycles. The largest absolute Gasteiger partial charge is 0.467 e. The van der Waals surface area contributed by atoms with Gasteiger partial charge in [0.15, 0.2) is 0 Å². The van der Waals surface area contributed by atoms with Crippen molar-refractivity contribution >= 4 is 5.91 Å². The highest BCUT2D eigenvalue weighted by atomic mass is 16.3. The predicted octanol–water partition coefficient (Wildman–Crippen LogP) is 0.465. The van der Waals surface area contributed by atoms with E-state index < -0.39 is 0 Å². The number of nitrogens with one attached hydrogen (secondary N) is 1. The smallest absolute Gasteiger partial charge is 0.234 e. The van der Waals surface area contributed by atoms with Crippen LogP contribution in [0.15, 0.2) is 22.8 Å². The molecule has 0 atom stereocenters. The van der Waals surface area contributed by atoms with Crippen LogP contribution in [0.2, 0.25) is 0 Å². The van der Waals surface area contributed by atoms with E-state index in [1.54, 1.807) is 12.3 Å². The van der Waals surface area contributed by atoms with Crippen LogP contribution in [0, 0.1) is 6.92 Å². The molecule has 0 aliphatic carbocycles. The Kier molecular flexibility index (Phi) is 4.52. The molecule has 7 heteroatoms. The van der Waals surface area contributed by atoms with Crippen molar-refractivity contribution in [3.8, 4) is 0 Å². The summed E-state index contributed by atoms with van der Waals surface area (Å²) in [4.78, 5) is 13.7. The molecular formula is C13H19N5O2. The van der Waals surface area contributed by atoms with Crippen LogP contribution in [0.4, 0.5) is 0 Å². The maximum absolute atomic E-state index is 11.8. The molecule has 2 heterocycles. The van der Waals surface area contributed by atoms with Crippen LogP contribution >= 0.6 is 0 Å². The lowest BCUT2D eigenvalue weighted by molar-refractivity contribution is -0.122. The first-order valence-corrected chi connectivity index (χ1v) is 6.38. The Morgan fingerprint density at radius 1 is 1.50 bits per heavy atom. The summed E-state index contributed by atoms with van der Waals surface area (Å²) < 4.78 is 7.07. The summed E-state index contributed by atoms with van der Waals surface area (Å²) in [6.07, 6.45) is 1.59. The number of aromatic nitrogens is 3. The minimum Gasteiger partial charge on any atom is -0.467 e. The van der Waals surface area contributed by atoms with Crippen molar-refractivity contribution in [2.75, 3.05) is 13.6 Å². The van der Waals surface area contributed by atoms with Gasteiger partial charge in [0.1, 0.15) is 17.4 Å². The molecule has 1 amide bonds. The van der Waals surface area contributed by atoms with Crippen molar-refractivity contribution in [3.63, 3.8) is 0 Å². The lowest BCUT2D eigenvalue weighted by atomic mass is 10.4. The highest BCUT2D eigenvalue weighted by Gasteiger charge is 2.11. The molecule has 0 saturated heterocycles. The molecule has 0 aliphatic rings. The number of hydrogen-bond donors (Lipinski definition) is 1. The van der Waals surface area contributed by atoms with Gasteiger partial charge in [-0.2, -0.15) is 0 Å². The third kappa shape index (κ3) is 3.67. The Morgan fingerprint density at radius 3 is 2.90 bits per heavy atom. The Balaban J connectivity index is 1.77. The summed E-state index contributed by atoms with van der Waals surface area (Å²) in [5, 5.41) is 10.9. The summed E-state index contributed by atoms with van der Waals surface area (Å²) in [6, 6.07) is 3.62. The van der Waals surface area contributed by atoms with Gasteiger partial charge >= 0.3 is 0 Å². The van der Waals surface area contributed by atoms with Crippen LogP contribution in [-0.2, 0) is 24.9 Å². The van der Waals surface area contributed by atoms with E-state index in [0.29, 0.717) is 19.6 Å². The number of carbonyl (C=O) groups is 1. The van der Waals surface area contributed by atoms with Gasteiger partial charge in [0, 0.05) is 7.05 Å². The van der Waals surface area contributed by atoms with Crippen LogP contribution < -0.4 is 5.32 Å². The Hall–Kier alpha value is -2.15. The third-order valence-corrected chi connectivity index (χ3v) is 3.05. The second-order valence-electron chi connectivity index (χ2n) is 4.75. The average Bonchev–Trinajstić information content (AvgIpc) is 3.02. The topological polar surface area (TPSA) is 76.2 Å². The highest BCUT2D eigenvalue weighted by molar-refractivity contribution is 5.77. The number of nitrogens with zero attached hydrogens (tertiary/aromatic N) is 4. The monoisotopic (exact) mass is 277 g/mol. The van der Waals surface area contributed by atoms with Gasteiger partial charge in [-0.3, -0.25) is 9.69 Å². The molecular weight excluding hydrogens is 258 g/mol. The van der Waals surface area contributed by atoms with Gasteiger partial charge in [-0.25, -0.2) is 0 Å². The molecule has 0 radical (unpaired) electrons. The van der Waals surface area contributed by atoms with Gasteiger partial charge in [0.2, 0.25) is 5.91 Å². The maximum atomic E-state index is 11.8. The molecule has 2 aromatic heterocycles. The Labute approximate surface area is 117 Å². The maximum Gasteiger partial charge on any atom is 0.234 e. The van der Waals surface area contributed by atoms with E-state index in [1.165, 1.54) is 0 Å². The van der Waals surface area contributed by atoms with Crippen molar-refractivity contribution in [1.29, 1.82) is 0 Å². The Bertz CT molecular complexity index is 561. The molecule has 2 rings (SSSR count). The van der Waals surface area contributed by atoms with E-state index in [9.17, 15) is 4.79 Å². The van der Waals surface area contributed by atoms with Gasteiger partial charge in [-0.1, -0.05) is 0 Å². The first-order valence-electron chi connectivity index (χ1n) is 6.38. The zero-order valence-corrected chi connectivity index (χ0v) is 12.0. The molecule has 0 saturated carbocycles. The molecule has 0 spiro atoms. The lowest BCUT2D eigenvalue weighted by Crippen LogP contribution is -2.34. The van der Waals surface area contributed by atoms with Crippen molar-refractivity contribution in [3.05, 3.63) is 35.8 Å². The number of amides is 1. The predicted molar refractivity (Wildman–Crippen MR) is 72.6 cm³/mol. The fourth-order valence-corrected chi connectivity index (χ4v) is 1.79. The van der Waals surface area contributed by atoms with E-state index in [4.69, 9.17) is 4.42 Å². The first kappa shape index (κ1) is 14.3. The summed E-state index contributed by atoms with van der Waals surface area (Å²) in [6.45, 7) is 3.17. The Morgan fingerprint density at radius 2 is 2.30 bits per heavy atom. The fraction of sp³-hybridized carbons (Fsp3) is 0.462. The quantitative estimate of drug-likeness (QED) is 0.830. The lowest BCUT2D eigenvalue weighted by Gasteiger charge is -2.15. The zero-order valence-electron chi connectivity index (χ0n) is 12.0. The number of furan rings is 1. The number of aryl methyl sites for hydroxylation is 1. The number of likely N-dealkylation sites (N-methyl/N-ethyl adjacent to an activating group) is 1. The van der Waals surface area contributed by atoms with Gasteiger partial charge in [-0.05, 0) is 26.1 Å². The standard InChI is InChI=1S/C13H19N5O2/c1-10-15-16-12(18(10)3)8-17(2)9-13(19)14-7-11-5-4-6-20-11/h4-6H,7-9H2,1-3H3,(H,14,19). The minimum atomic E-state index is -0.0530. The van der Waals surface area contributed by atoms with E-state index >= 15 is 0 Å². The number of hydrogen-bond acceptors (Lipinski definition) is 5. The normalized spacial score (nSPS) is 11.0. The second-order valence-corrected chi connectivity index (χ2v) is 4.75. The van der Waals surface area contributed by atoms with Crippen LogP contribution in [0.3, 0.4) is 0 Å². The molecule has 7 nitrogen and oxygen atoms in total. The third-order valence-electron chi connectivity index (χ3n) is 3.05. The summed E-state index contributed by atoms with van der Waals surface area (Å²) in [5.41, 5.74) is 0. The van der Waals surface area contributed by atoms with Crippen molar-refractivity contribution in [2.24, 2.45) is 7.05 Å². The van der Waals surface area contributed by atoms with E-state index in [0.717, 1.165) is 17.4 Å². The van der Waals surface area contributed by atoms with Crippen molar-refractivity contribution in [1.82, 2.24) is 25.0 Å². The van der Waals surface area contributed by atoms with Crippen molar-refractivity contribution < 1.29 is 9.21 Å². The number of carbonyl (C=O) groups excluding carboxylic acids is 1.